The number of rotatable bonds is 1. The van der Waals surface area contributed by atoms with Crippen LogP contribution in [0.1, 0.15) is 5.56 Å². The first-order chi connectivity index (χ1) is 9.76. The summed E-state index contributed by atoms with van der Waals surface area (Å²) < 4.78 is 7.30. The molecule has 3 aromatic rings. The summed E-state index contributed by atoms with van der Waals surface area (Å²) >= 11 is 0. The van der Waals surface area contributed by atoms with Gasteiger partial charge in [-0.2, -0.15) is 4.98 Å². The van der Waals surface area contributed by atoms with Crippen molar-refractivity contribution < 1.29 is 4.74 Å². The Morgan fingerprint density at radius 3 is 3.10 bits per heavy atom. The normalized spacial score (nSPS) is 13.1. The van der Waals surface area contributed by atoms with E-state index < -0.39 is 0 Å². The molecular formula is C15H13N3O2. The number of aromatic nitrogens is 3. The third-order valence-electron chi connectivity index (χ3n) is 3.87. The SMILES string of the molecule is COc1ccc2[nH]c3c(c2c1)CCn1cnc(=O)cc1-3. The van der Waals surface area contributed by atoms with Crippen molar-refractivity contribution in [3.63, 3.8) is 0 Å². The van der Waals surface area contributed by atoms with Gasteiger partial charge in [-0.25, -0.2) is 0 Å². The third-order valence-corrected chi connectivity index (χ3v) is 3.87. The highest BCUT2D eigenvalue weighted by molar-refractivity contribution is 5.91. The lowest BCUT2D eigenvalue weighted by Crippen LogP contribution is -2.17. The van der Waals surface area contributed by atoms with E-state index in [2.05, 4.69) is 9.97 Å². The molecule has 1 aromatic carbocycles. The van der Waals surface area contributed by atoms with Crippen molar-refractivity contribution in [2.45, 2.75) is 13.0 Å². The first-order valence-electron chi connectivity index (χ1n) is 6.52. The van der Waals surface area contributed by atoms with Crippen LogP contribution in [-0.4, -0.2) is 21.6 Å². The second-order valence-corrected chi connectivity index (χ2v) is 4.95. The van der Waals surface area contributed by atoms with Crippen LogP contribution in [0.15, 0.2) is 35.4 Å². The second kappa shape index (κ2) is 3.96. The zero-order valence-electron chi connectivity index (χ0n) is 11.0. The summed E-state index contributed by atoms with van der Waals surface area (Å²) in [7, 11) is 1.67. The molecule has 5 nitrogen and oxygen atoms in total. The Bertz CT molecular complexity index is 876. The number of methoxy groups -OCH3 is 1. The van der Waals surface area contributed by atoms with Gasteiger partial charge in [-0.05, 0) is 30.2 Å². The molecule has 4 rings (SSSR count). The van der Waals surface area contributed by atoms with Crippen molar-refractivity contribution in [3.8, 4) is 17.1 Å². The fourth-order valence-corrected chi connectivity index (χ4v) is 2.88. The zero-order chi connectivity index (χ0) is 13.7. The van der Waals surface area contributed by atoms with Crippen LogP contribution in [0.25, 0.3) is 22.3 Å². The van der Waals surface area contributed by atoms with Crippen molar-refractivity contribution in [3.05, 3.63) is 46.5 Å². The van der Waals surface area contributed by atoms with Gasteiger partial charge in [0.25, 0.3) is 5.56 Å². The minimum absolute atomic E-state index is 0.208. The van der Waals surface area contributed by atoms with Gasteiger partial charge in [0.15, 0.2) is 0 Å². The van der Waals surface area contributed by atoms with Gasteiger partial charge in [0.05, 0.1) is 24.8 Å². The molecule has 1 aliphatic heterocycles. The summed E-state index contributed by atoms with van der Waals surface area (Å²) in [6.07, 6.45) is 2.53. The fourth-order valence-electron chi connectivity index (χ4n) is 2.88. The van der Waals surface area contributed by atoms with Crippen molar-refractivity contribution in [1.29, 1.82) is 0 Å². The van der Waals surface area contributed by atoms with Crippen molar-refractivity contribution >= 4 is 10.9 Å². The van der Waals surface area contributed by atoms with Gasteiger partial charge in [0, 0.05) is 23.5 Å². The van der Waals surface area contributed by atoms with Crippen LogP contribution >= 0.6 is 0 Å². The number of aromatic amines is 1. The smallest absolute Gasteiger partial charge is 0.273 e. The summed E-state index contributed by atoms with van der Waals surface area (Å²) in [5, 5.41) is 1.16. The van der Waals surface area contributed by atoms with Crippen LogP contribution in [0.4, 0.5) is 0 Å². The fraction of sp³-hybridized carbons (Fsp3) is 0.200. The second-order valence-electron chi connectivity index (χ2n) is 4.95. The number of aryl methyl sites for hydroxylation is 2. The summed E-state index contributed by atoms with van der Waals surface area (Å²) in [6.45, 7) is 0.833. The molecule has 0 bridgehead atoms. The molecule has 0 saturated heterocycles. The Morgan fingerprint density at radius 1 is 1.35 bits per heavy atom. The van der Waals surface area contributed by atoms with E-state index in [0.717, 1.165) is 41.0 Å². The van der Waals surface area contributed by atoms with E-state index in [9.17, 15) is 4.79 Å². The Hall–Kier alpha value is -2.56. The molecule has 3 heterocycles. The average molecular weight is 267 g/mol. The molecule has 0 spiro atoms. The average Bonchev–Trinajstić information content (AvgIpc) is 2.85. The maximum atomic E-state index is 11.5. The standard InChI is InChI=1S/C15H13N3O2/c1-20-9-2-3-12-11(6-9)10-4-5-18-8-16-14(19)7-13(18)15(10)17-12/h2-3,6-8,17H,4-5H2,1H3. The molecule has 0 aliphatic carbocycles. The van der Waals surface area contributed by atoms with E-state index in [1.165, 1.54) is 5.56 Å². The lowest BCUT2D eigenvalue weighted by Gasteiger charge is -2.18. The largest absolute Gasteiger partial charge is 0.497 e. The number of H-pyrrole nitrogens is 1. The van der Waals surface area contributed by atoms with E-state index in [0.29, 0.717) is 0 Å². The van der Waals surface area contributed by atoms with Gasteiger partial charge in [-0.3, -0.25) is 4.79 Å². The molecule has 100 valence electrons. The van der Waals surface area contributed by atoms with Gasteiger partial charge in [-0.15, -0.1) is 0 Å². The molecule has 20 heavy (non-hydrogen) atoms. The number of nitrogens with one attached hydrogen (secondary N) is 1. The summed E-state index contributed by atoms with van der Waals surface area (Å²) in [6, 6.07) is 7.57. The first-order valence-corrected chi connectivity index (χ1v) is 6.52. The highest BCUT2D eigenvalue weighted by Crippen LogP contribution is 2.35. The maximum Gasteiger partial charge on any atom is 0.273 e. The molecule has 1 N–H and O–H groups in total. The number of fused-ring (bicyclic) bond motifs is 5. The molecule has 0 amide bonds. The lowest BCUT2D eigenvalue weighted by atomic mass is 10.0. The topological polar surface area (TPSA) is 59.9 Å². The monoisotopic (exact) mass is 267 g/mol. The van der Waals surface area contributed by atoms with Gasteiger partial charge >= 0.3 is 0 Å². The minimum Gasteiger partial charge on any atom is -0.497 e. The molecular weight excluding hydrogens is 254 g/mol. The van der Waals surface area contributed by atoms with E-state index in [1.54, 1.807) is 19.5 Å². The van der Waals surface area contributed by atoms with Crippen LogP contribution in [-0.2, 0) is 13.0 Å². The molecule has 0 unspecified atom stereocenters. The highest BCUT2D eigenvalue weighted by Gasteiger charge is 2.20. The predicted molar refractivity (Wildman–Crippen MR) is 76.0 cm³/mol. The summed E-state index contributed by atoms with van der Waals surface area (Å²) in [5.74, 6) is 0.844. The van der Waals surface area contributed by atoms with Crippen LogP contribution in [0.3, 0.4) is 0 Å². The highest BCUT2D eigenvalue weighted by atomic mass is 16.5. The van der Waals surface area contributed by atoms with Crippen LogP contribution in [0, 0.1) is 0 Å². The van der Waals surface area contributed by atoms with Gasteiger partial charge < -0.3 is 14.3 Å². The number of nitrogens with zero attached hydrogens (tertiary/aromatic N) is 2. The van der Waals surface area contributed by atoms with Crippen molar-refractivity contribution in [2.24, 2.45) is 0 Å². The molecule has 1 aliphatic rings. The van der Waals surface area contributed by atoms with Crippen molar-refractivity contribution in [1.82, 2.24) is 14.5 Å². The lowest BCUT2D eigenvalue weighted by molar-refractivity contribution is 0.415. The molecule has 2 aromatic heterocycles. The Morgan fingerprint density at radius 2 is 2.25 bits per heavy atom. The molecule has 0 atom stereocenters. The quantitative estimate of drug-likeness (QED) is 0.733. The van der Waals surface area contributed by atoms with E-state index in [-0.39, 0.29) is 5.56 Å². The predicted octanol–water partition coefficient (Wildman–Crippen LogP) is 1.96. The van der Waals surface area contributed by atoms with Crippen molar-refractivity contribution in [2.75, 3.05) is 7.11 Å². The Kier molecular flexibility index (Phi) is 2.24. The number of hydrogen-bond donors (Lipinski definition) is 1. The number of ether oxygens (including phenoxy) is 1. The zero-order valence-corrected chi connectivity index (χ0v) is 11.0. The summed E-state index contributed by atoms with van der Waals surface area (Å²) in [5.41, 5.74) is 4.01. The Labute approximate surface area is 114 Å². The van der Waals surface area contributed by atoms with Crippen LogP contribution in [0.5, 0.6) is 5.75 Å². The molecule has 5 heteroatoms. The number of hydrogen-bond acceptors (Lipinski definition) is 3. The Balaban J connectivity index is 2.04. The van der Waals surface area contributed by atoms with Crippen LogP contribution < -0.4 is 10.3 Å². The molecule has 0 radical (unpaired) electrons. The van der Waals surface area contributed by atoms with Gasteiger partial charge in [0.1, 0.15) is 5.75 Å². The minimum atomic E-state index is -0.208. The maximum absolute atomic E-state index is 11.5. The molecule has 0 fully saturated rings. The first kappa shape index (κ1) is 11.3. The molecule has 0 saturated carbocycles. The van der Waals surface area contributed by atoms with Crippen LogP contribution in [0.2, 0.25) is 0 Å². The number of benzene rings is 1. The van der Waals surface area contributed by atoms with Gasteiger partial charge in [-0.1, -0.05) is 0 Å². The van der Waals surface area contributed by atoms with Gasteiger partial charge in [0.2, 0.25) is 0 Å². The summed E-state index contributed by atoms with van der Waals surface area (Å²) in [4.78, 5) is 18.7. The van der Waals surface area contributed by atoms with E-state index >= 15 is 0 Å². The third kappa shape index (κ3) is 1.49. The van der Waals surface area contributed by atoms with E-state index in [1.807, 2.05) is 22.8 Å². The van der Waals surface area contributed by atoms with E-state index in [4.69, 9.17) is 4.74 Å².